The molecule has 0 spiro atoms. The lowest BCUT2D eigenvalue weighted by molar-refractivity contribution is -0.136. The van der Waals surface area contributed by atoms with Gasteiger partial charge in [0, 0.05) is 25.7 Å². The van der Waals surface area contributed by atoms with Crippen molar-refractivity contribution in [3.8, 4) is 5.88 Å². The molecule has 1 saturated heterocycles. The molecule has 194 valence electrons. The standard InChI is InChI=1S/C26H41N5O4/c1-16(2)15-35-24-21(14-28-31(24)8-5-17-3-6-30(7-4-17)25(27)33)23(32)29-22-19-9-18-10-20(22)13-26(34,11-18)12-19/h14,16-20,22,34H,3-13,15H2,1-2H3,(H2,27,33)(H,29,32). The van der Waals surface area contributed by atoms with Crippen LogP contribution in [0.4, 0.5) is 4.79 Å². The highest BCUT2D eigenvalue weighted by molar-refractivity contribution is 5.96. The molecule has 9 nitrogen and oxygen atoms in total. The Bertz CT molecular complexity index is 922. The number of nitrogens with one attached hydrogen (secondary N) is 1. The first kappa shape index (κ1) is 24.4. The van der Waals surface area contributed by atoms with E-state index in [0.29, 0.717) is 67.3 Å². The average Bonchev–Trinajstić information content (AvgIpc) is 3.20. The Kier molecular flexibility index (Phi) is 6.72. The van der Waals surface area contributed by atoms with Gasteiger partial charge in [0.1, 0.15) is 5.56 Å². The number of urea groups is 1. The minimum absolute atomic E-state index is 0.116. The maximum atomic E-state index is 13.4. The average molecular weight is 488 g/mol. The topological polar surface area (TPSA) is 123 Å². The highest BCUT2D eigenvalue weighted by Gasteiger charge is 2.55. The molecule has 0 aromatic carbocycles. The van der Waals surface area contributed by atoms with Gasteiger partial charge in [-0.25, -0.2) is 9.48 Å². The summed E-state index contributed by atoms with van der Waals surface area (Å²) in [7, 11) is 0. The van der Waals surface area contributed by atoms with Crippen LogP contribution in [0.1, 0.15) is 75.6 Å². The summed E-state index contributed by atoms with van der Waals surface area (Å²) in [5.74, 6) is 2.57. The van der Waals surface area contributed by atoms with Crippen LogP contribution < -0.4 is 15.8 Å². The molecule has 9 heteroatoms. The predicted octanol–water partition coefficient (Wildman–Crippen LogP) is 2.77. The van der Waals surface area contributed by atoms with E-state index in [0.717, 1.165) is 51.4 Å². The van der Waals surface area contributed by atoms with Crippen molar-refractivity contribution in [3.05, 3.63) is 11.8 Å². The normalized spacial score (nSPS) is 32.3. The summed E-state index contributed by atoms with van der Waals surface area (Å²) in [5.41, 5.74) is 5.39. The molecule has 4 saturated carbocycles. The number of primary amides is 1. The van der Waals surface area contributed by atoms with Crippen LogP contribution in [0.15, 0.2) is 6.20 Å². The van der Waals surface area contributed by atoms with Gasteiger partial charge in [-0.05, 0) is 81.0 Å². The van der Waals surface area contributed by atoms with Crippen molar-refractivity contribution in [2.24, 2.45) is 35.3 Å². The molecule has 4 N–H and O–H groups in total. The number of aromatic nitrogens is 2. The van der Waals surface area contributed by atoms with E-state index < -0.39 is 5.60 Å². The number of nitrogens with two attached hydrogens (primary N) is 1. The van der Waals surface area contributed by atoms with Crippen molar-refractivity contribution >= 4 is 11.9 Å². The summed E-state index contributed by atoms with van der Waals surface area (Å²) in [5, 5.41) is 18.7. The molecule has 4 aliphatic carbocycles. The fraction of sp³-hybridized carbons (Fsp3) is 0.808. The van der Waals surface area contributed by atoms with Gasteiger partial charge in [-0.2, -0.15) is 5.10 Å². The number of amides is 3. The van der Waals surface area contributed by atoms with Crippen LogP contribution in [0.2, 0.25) is 0 Å². The molecule has 2 atom stereocenters. The number of piperidine rings is 1. The minimum atomic E-state index is -0.512. The van der Waals surface area contributed by atoms with Crippen molar-refractivity contribution in [3.63, 3.8) is 0 Å². The van der Waals surface area contributed by atoms with E-state index in [4.69, 9.17) is 10.5 Å². The number of likely N-dealkylation sites (tertiary alicyclic amines) is 1. The Labute approximate surface area is 207 Å². The Balaban J connectivity index is 1.24. The van der Waals surface area contributed by atoms with E-state index in [1.165, 1.54) is 0 Å². The van der Waals surface area contributed by atoms with E-state index in [1.54, 1.807) is 11.1 Å². The van der Waals surface area contributed by atoms with Gasteiger partial charge < -0.3 is 25.8 Å². The van der Waals surface area contributed by atoms with Crippen LogP contribution in [0, 0.1) is 29.6 Å². The molecule has 5 aliphatic rings. The van der Waals surface area contributed by atoms with Crippen molar-refractivity contribution < 1.29 is 19.4 Å². The second-order valence-corrected chi connectivity index (χ2v) is 12.0. The van der Waals surface area contributed by atoms with E-state index in [2.05, 4.69) is 24.3 Å². The zero-order valence-corrected chi connectivity index (χ0v) is 21.1. The van der Waals surface area contributed by atoms with Crippen LogP contribution in [-0.2, 0) is 6.54 Å². The Morgan fingerprint density at radius 1 is 1.23 bits per heavy atom. The first-order valence-electron chi connectivity index (χ1n) is 13.5. The molecule has 1 aliphatic heterocycles. The number of rotatable bonds is 8. The van der Waals surface area contributed by atoms with Gasteiger partial charge >= 0.3 is 6.03 Å². The first-order valence-corrected chi connectivity index (χ1v) is 13.5. The quantitative estimate of drug-likeness (QED) is 0.520. The van der Waals surface area contributed by atoms with Crippen molar-refractivity contribution in [1.82, 2.24) is 20.0 Å². The highest BCUT2D eigenvalue weighted by atomic mass is 16.5. The molecule has 35 heavy (non-hydrogen) atoms. The molecular formula is C26H41N5O4. The van der Waals surface area contributed by atoms with Gasteiger partial charge in [-0.3, -0.25) is 4.79 Å². The Hall–Kier alpha value is -2.29. The third-order valence-corrected chi connectivity index (χ3v) is 8.80. The number of aliphatic hydroxyl groups is 1. The molecule has 6 rings (SSSR count). The van der Waals surface area contributed by atoms with Crippen LogP contribution in [-0.4, -0.2) is 63.1 Å². The smallest absolute Gasteiger partial charge is 0.314 e. The van der Waals surface area contributed by atoms with Gasteiger partial charge in [-0.15, -0.1) is 0 Å². The lowest BCUT2D eigenvalue weighted by atomic mass is 9.52. The number of nitrogens with zero attached hydrogens (tertiary/aromatic N) is 3. The monoisotopic (exact) mass is 487 g/mol. The lowest BCUT2D eigenvalue weighted by Gasteiger charge is -2.58. The highest BCUT2D eigenvalue weighted by Crippen LogP contribution is 2.55. The maximum Gasteiger partial charge on any atom is 0.314 e. The Morgan fingerprint density at radius 3 is 2.51 bits per heavy atom. The third kappa shape index (κ3) is 5.15. The van der Waals surface area contributed by atoms with Crippen molar-refractivity contribution in [2.45, 2.75) is 83.4 Å². The number of carbonyl (C=O) groups excluding carboxylic acids is 2. The number of hydrogen-bond donors (Lipinski definition) is 3. The molecule has 5 fully saturated rings. The summed E-state index contributed by atoms with van der Waals surface area (Å²) in [6.45, 7) is 6.77. The molecule has 2 unspecified atom stereocenters. The summed E-state index contributed by atoms with van der Waals surface area (Å²) in [4.78, 5) is 26.5. The van der Waals surface area contributed by atoms with Crippen LogP contribution in [0.5, 0.6) is 5.88 Å². The molecule has 4 bridgehead atoms. The van der Waals surface area contributed by atoms with Gasteiger partial charge in [0.05, 0.1) is 18.4 Å². The first-order chi connectivity index (χ1) is 16.7. The second kappa shape index (κ2) is 9.64. The van der Waals surface area contributed by atoms with E-state index in [9.17, 15) is 14.7 Å². The molecule has 0 radical (unpaired) electrons. The molecule has 1 aromatic heterocycles. The zero-order chi connectivity index (χ0) is 24.7. The van der Waals surface area contributed by atoms with E-state index in [-0.39, 0.29) is 18.0 Å². The van der Waals surface area contributed by atoms with Gasteiger partial charge in [0.2, 0.25) is 5.88 Å². The fourth-order valence-corrected chi connectivity index (χ4v) is 7.28. The minimum Gasteiger partial charge on any atom is -0.477 e. The maximum absolute atomic E-state index is 13.4. The van der Waals surface area contributed by atoms with Gasteiger partial charge in [-0.1, -0.05) is 13.8 Å². The number of carbonyl (C=O) groups is 2. The summed E-state index contributed by atoms with van der Waals surface area (Å²) in [6.07, 6.45) is 9.16. The molecule has 2 heterocycles. The van der Waals surface area contributed by atoms with Crippen molar-refractivity contribution in [1.29, 1.82) is 0 Å². The summed E-state index contributed by atoms with van der Waals surface area (Å²) >= 11 is 0. The number of ether oxygens (including phenoxy) is 1. The second-order valence-electron chi connectivity index (χ2n) is 12.0. The number of aryl methyl sites for hydroxylation is 1. The third-order valence-electron chi connectivity index (χ3n) is 8.80. The summed E-state index contributed by atoms with van der Waals surface area (Å²) in [6, 6.07) is -0.222. The van der Waals surface area contributed by atoms with Crippen molar-refractivity contribution in [2.75, 3.05) is 19.7 Å². The van der Waals surface area contributed by atoms with Gasteiger partial charge in [0.15, 0.2) is 0 Å². The van der Waals surface area contributed by atoms with Crippen LogP contribution >= 0.6 is 0 Å². The largest absolute Gasteiger partial charge is 0.477 e. The number of hydrogen-bond acceptors (Lipinski definition) is 5. The predicted molar refractivity (Wildman–Crippen MR) is 131 cm³/mol. The van der Waals surface area contributed by atoms with Gasteiger partial charge in [0.25, 0.3) is 5.91 Å². The van der Waals surface area contributed by atoms with E-state index >= 15 is 0 Å². The lowest BCUT2D eigenvalue weighted by Crippen LogP contribution is -2.61. The SMILES string of the molecule is CC(C)COc1c(C(=O)NC2C3CC4CC2CC(O)(C4)C3)cnn1CCC1CCN(C(N)=O)CC1. The molecule has 3 amide bonds. The zero-order valence-electron chi connectivity index (χ0n) is 21.1. The molecular weight excluding hydrogens is 446 g/mol. The Morgan fingerprint density at radius 2 is 1.91 bits per heavy atom. The van der Waals surface area contributed by atoms with Crippen LogP contribution in [0.3, 0.4) is 0 Å². The van der Waals surface area contributed by atoms with Crippen LogP contribution in [0.25, 0.3) is 0 Å². The molecule has 1 aromatic rings. The fourth-order valence-electron chi connectivity index (χ4n) is 7.28. The summed E-state index contributed by atoms with van der Waals surface area (Å²) < 4.78 is 7.96. The van der Waals surface area contributed by atoms with E-state index in [1.807, 2.05) is 4.68 Å².